The average molecular weight is 327 g/mol. The SMILES string of the molecule is CC1CCCN(Cc2c(Br)cccc2[N+](=O)[O-])C1C. The van der Waals surface area contributed by atoms with Gasteiger partial charge in [0, 0.05) is 23.1 Å². The lowest BCUT2D eigenvalue weighted by atomic mass is 9.91. The Bertz CT molecular complexity index is 479. The van der Waals surface area contributed by atoms with E-state index < -0.39 is 0 Å². The van der Waals surface area contributed by atoms with Crippen LogP contribution in [0.4, 0.5) is 5.69 Å². The first kappa shape index (κ1) is 14.5. The summed E-state index contributed by atoms with van der Waals surface area (Å²) in [5, 5.41) is 11.1. The van der Waals surface area contributed by atoms with E-state index in [0.717, 1.165) is 16.6 Å². The molecule has 1 saturated heterocycles. The monoisotopic (exact) mass is 326 g/mol. The molecule has 0 aliphatic carbocycles. The van der Waals surface area contributed by atoms with Crippen molar-refractivity contribution in [1.82, 2.24) is 4.90 Å². The fourth-order valence-corrected chi connectivity index (χ4v) is 3.20. The largest absolute Gasteiger partial charge is 0.296 e. The minimum atomic E-state index is -0.294. The summed E-state index contributed by atoms with van der Waals surface area (Å²) in [5.41, 5.74) is 0.994. The Morgan fingerprint density at radius 3 is 2.89 bits per heavy atom. The van der Waals surface area contributed by atoms with Gasteiger partial charge in [-0.1, -0.05) is 28.9 Å². The van der Waals surface area contributed by atoms with E-state index in [9.17, 15) is 10.1 Å². The Kier molecular flexibility index (Phi) is 4.58. The molecule has 5 heteroatoms. The Morgan fingerprint density at radius 2 is 2.21 bits per heavy atom. The highest BCUT2D eigenvalue weighted by Crippen LogP contribution is 2.31. The van der Waals surface area contributed by atoms with Gasteiger partial charge < -0.3 is 0 Å². The van der Waals surface area contributed by atoms with Gasteiger partial charge in [0.05, 0.1) is 10.5 Å². The predicted molar refractivity (Wildman–Crippen MR) is 79.1 cm³/mol. The maximum absolute atomic E-state index is 11.1. The molecule has 4 nitrogen and oxygen atoms in total. The van der Waals surface area contributed by atoms with Crippen LogP contribution in [0.2, 0.25) is 0 Å². The van der Waals surface area contributed by atoms with Crippen molar-refractivity contribution in [2.24, 2.45) is 5.92 Å². The van der Waals surface area contributed by atoms with Crippen LogP contribution in [0.15, 0.2) is 22.7 Å². The molecule has 0 radical (unpaired) electrons. The number of benzene rings is 1. The lowest BCUT2D eigenvalue weighted by Crippen LogP contribution is -2.41. The van der Waals surface area contributed by atoms with Crippen LogP contribution in [-0.2, 0) is 6.54 Å². The lowest BCUT2D eigenvalue weighted by Gasteiger charge is -2.37. The summed E-state index contributed by atoms with van der Waals surface area (Å²) in [5.74, 6) is 0.648. The minimum absolute atomic E-state index is 0.208. The topological polar surface area (TPSA) is 46.4 Å². The van der Waals surface area contributed by atoms with E-state index in [-0.39, 0.29) is 10.6 Å². The third-order valence-corrected chi connectivity index (χ3v) is 4.90. The fraction of sp³-hybridized carbons (Fsp3) is 0.571. The molecule has 1 aromatic carbocycles. The molecule has 0 saturated carbocycles. The first-order valence-electron chi connectivity index (χ1n) is 6.66. The van der Waals surface area contributed by atoms with Crippen LogP contribution in [0, 0.1) is 16.0 Å². The van der Waals surface area contributed by atoms with Gasteiger partial charge in [0.15, 0.2) is 0 Å². The molecule has 2 unspecified atom stereocenters. The highest BCUT2D eigenvalue weighted by molar-refractivity contribution is 9.10. The van der Waals surface area contributed by atoms with E-state index >= 15 is 0 Å². The van der Waals surface area contributed by atoms with Crippen LogP contribution >= 0.6 is 15.9 Å². The first-order chi connectivity index (χ1) is 9.00. The van der Waals surface area contributed by atoms with Crippen LogP contribution in [0.3, 0.4) is 0 Å². The van der Waals surface area contributed by atoms with E-state index in [2.05, 4.69) is 34.7 Å². The Hall–Kier alpha value is -0.940. The number of nitro benzene ring substituents is 1. The Balaban J connectivity index is 2.25. The van der Waals surface area contributed by atoms with Crippen molar-refractivity contribution < 1.29 is 4.92 Å². The molecule has 0 amide bonds. The summed E-state index contributed by atoms with van der Waals surface area (Å²) in [6.07, 6.45) is 2.42. The van der Waals surface area contributed by atoms with Gasteiger partial charge in [-0.15, -0.1) is 0 Å². The van der Waals surface area contributed by atoms with Gasteiger partial charge in [-0.05, 0) is 38.3 Å². The molecule has 0 N–H and O–H groups in total. The third-order valence-electron chi connectivity index (χ3n) is 4.16. The second-order valence-corrected chi connectivity index (χ2v) is 6.18. The first-order valence-corrected chi connectivity index (χ1v) is 7.46. The summed E-state index contributed by atoms with van der Waals surface area (Å²) in [6, 6.07) is 5.65. The average Bonchev–Trinajstić information content (AvgIpc) is 2.36. The van der Waals surface area contributed by atoms with Gasteiger partial charge in [-0.25, -0.2) is 0 Å². The van der Waals surface area contributed by atoms with Crippen molar-refractivity contribution in [3.63, 3.8) is 0 Å². The zero-order valence-electron chi connectivity index (χ0n) is 11.3. The normalized spacial score (nSPS) is 24.4. The number of rotatable bonds is 3. The lowest BCUT2D eigenvalue weighted by molar-refractivity contribution is -0.385. The van der Waals surface area contributed by atoms with Crippen LogP contribution in [0.1, 0.15) is 32.3 Å². The van der Waals surface area contributed by atoms with E-state index in [4.69, 9.17) is 0 Å². The van der Waals surface area contributed by atoms with Crippen LogP contribution in [0.25, 0.3) is 0 Å². The Morgan fingerprint density at radius 1 is 1.47 bits per heavy atom. The van der Waals surface area contributed by atoms with E-state index in [1.807, 2.05) is 6.07 Å². The number of likely N-dealkylation sites (tertiary alicyclic amines) is 1. The predicted octanol–water partition coefficient (Wildman–Crippen LogP) is 3.98. The van der Waals surface area contributed by atoms with Gasteiger partial charge in [0.1, 0.15) is 0 Å². The van der Waals surface area contributed by atoms with Gasteiger partial charge in [-0.3, -0.25) is 15.0 Å². The molecule has 0 spiro atoms. The zero-order chi connectivity index (χ0) is 14.0. The summed E-state index contributed by atoms with van der Waals surface area (Å²) < 4.78 is 0.826. The highest BCUT2D eigenvalue weighted by Gasteiger charge is 2.27. The summed E-state index contributed by atoms with van der Waals surface area (Å²) in [7, 11) is 0. The maximum atomic E-state index is 11.1. The summed E-state index contributed by atoms with van der Waals surface area (Å²) in [4.78, 5) is 13.2. The van der Waals surface area contributed by atoms with Crippen molar-refractivity contribution in [2.45, 2.75) is 39.3 Å². The fourth-order valence-electron chi connectivity index (χ4n) is 2.72. The Labute approximate surface area is 122 Å². The molecular weight excluding hydrogens is 308 g/mol. The molecule has 2 atom stereocenters. The van der Waals surface area contributed by atoms with Crippen LogP contribution in [-0.4, -0.2) is 22.4 Å². The quantitative estimate of drug-likeness (QED) is 0.623. The van der Waals surface area contributed by atoms with Crippen molar-refractivity contribution in [3.8, 4) is 0 Å². The molecule has 1 heterocycles. The van der Waals surface area contributed by atoms with Crippen molar-refractivity contribution >= 4 is 21.6 Å². The van der Waals surface area contributed by atoms with E-state index in [0.29, 0.717) is 18.5 Å². The van der Waals surface area contributed by atoms with Crippen LogP contribution in [0.5, 0.6) is 0 Å². The summed E-state index contributed by atoms with van der Waals surface area (Å²) >= 11 is 3.45. The standard InChI is InChI=1S/C14H19BrN2O2/c1-10-5-4-8-16(11(10)2)9-12-13(15)6-3-7-14(12)17(18)19/h3,6-7,10-11H,4-5,8-9H2,1-2H3. The van der Waals surface area contributed by atoms with Crippen LogP contribution < -0.4 is 0 Å². The van der Waals surface area contributed by atoms with Gasteiger partial charge in [0.25, 0.3) is 5.69 Å². The second kappa shape index (κ2) is 6.01. The van der Waals surface area contributed by atoms with Crippen molar-refractivity contribution in [1.29, 1.82) is 0 Å². The smallest absolute Gasteiger partial charge is 0.275 e. The number of nitrogens with zero attached hydrogens (tertiary/aromatic N) is 2. The third kappa shape index (κ3) is 3.15. The molecule has 1 fully saturated rings. The van der Waals surface area contributed by atoms with E-state index in [1.165, 1.54) is 12.8 Å². The van der Waals surface area contributed by atoms with Gasteiger partial charge in [-0.2, -0.15) is 0 Å². The number of nitro groups is 1. The molecule has 1 aliphatic heterocycles. The molecule has 2 rings (SSSR count). The minimum Gasteiger partial charge on any atom is -0.296 e. The summed E-state index contributed by atoms with van der Waals surface area (Å²) in [6.45, 7) is 6.13. The molecular formula is C14H19BrN2O2. The molecule has 1 aromatic rings. The number of piperidine rings is 1. The van der Waals surface area contributed by atoms with Gasteiger partial charge >= 0.3 is 0 Å². The molecule has 104 valence electrons. The zero-order valence-corrected chi connectivity index (χ0v) is 12.9. The maximum Gasteiger partial charge on any atom is 0.275 e. The molecule has 0 bridgehead atoms. The van der Waals surface area contributed by atoms with Crippen molar-refractivity contribution in [2.75, 3.05) is 6.54 Å². The number of hydrogen-bond acceptors (Lipinski definition) is 3. The van der Waals surface area contributed by atoms with E-state index in [1.54, 1.807) is 12.1 Å². The molecule has 19 heavy (non-hydrogen) atoms. The highest BCUT2D eigenvalue weighted by atomic mass is 79.9. The number of halogens is 1. The number of hydrogen-bond donors (Lipinski definition) is 0. The van der Waals surface area contributed by atoms with Gasteiger partial charge in [0.2, 0.25) is 0 Å². The molecule has 0 aromatic heterocycles. The van der Waals surface area contributed by atoms with Crippen molar-refractivity contribution in [3.05, 3.63) is 38.3 Å². The second-order valence-electron chi connectivity index (χ2n) is 5.33. The molecule has 1 aliphatic rings.